The molecule has 0 aromatic heterocycles. The van der Waals surface area contributed by atoms with Crippen LogP contribution in [0.5, 0.6) is 34.5 Å². The van der Waals surface area contributed by atoms with Gasteiger partial charge < -0.3 is 50.9 Å². The van der Waals surface area contributed by atoms with Crippen LogP contribution < -0.4 is 5.32 Å². The predicted molar refractivity (Wildman–Crippen MR) is 161 cm³/mol. The molecule has 0 aliphatic rings. The van der Waals surface area contributed by atoms with Crippen molar-refractivity contribution in [2.24, 2.45) is 0 Å². The van der Waals surface area contributed by atoms with Crippen LogP contribution in [0.4, 0.5) is 0 Å². The highest BCUT2D eigenvalue weighted by Gasteiger charge is 2.33. The third-order valence-corrected chi connectivity index (χ3v) is 6.76. The maximum atomic E-state index is 12.8. The number of esters is 1. The number of phenols is 6. The van der Waals surface area contributed by atoms with Crippen molar-refractivity contribution in [3.05, 3.63) is 76.4 Å². The van der Waals surface area contributed by atoms with Gasteiger partial charge in [0.25, 0.3) is 0 Å². The topological polar surface area (TPSA) is 217 Å². The summed E-state index contributed by atoms with van der Waals surface area (Å²) in [5.74, 6) is -5.89. The fourth-order valence-corrected chi connectivity index (χ4v) is 4.45. The molecule has 0 saturated heterocycles. The Morgan fingerprint density at radius 2 is 1.36 bits per heavy atom. The van der Waals surface area contributed by atoms with E-state index >= 15 is 0 Å². The lowest BCUT2D eigenvalue weighted by atomic mass is 9.92. The second-order valence-corrected chi connectivity index (χ2v) is 9.86. The van der Waals surface area contributed by atoms with E-state index in [0.717, 1.165) is 6.08 Å². The molecular weight excluding hydrogens is 574 g/mol. The number of benzene rings is 3. The molecule has 0 fully saturated rings. The average Bonchev–Trinajstić information content (AvgIpc) is 2.98. The number of ether oxygens (including phenoxy) is 1. The predicted octanol–water partition coefficient (Wildman–Crippen LogP) is 3.42. The zero-order valence-electron chi connectivity index (χ0n) is 23.8. The van der Waals surface area contributed by atoms with Crippen LogP contribution in [-0.2, 0) is 20.7 Å². The number of aliphatic carboxylic acids is 1. The van der Waals surface area contributed by atoms with E-state index in [2.05, 4.69) is 5.32 Å². The molecule has 0 saturated carbocycles. The monoisotopic (exact) mass is 609 g/mol. The molecule has 3 aromatic rings. The Balaban J connectivity index is 1.91. The summed E-state index contributed by atoms with van der Waals surface area (Å²) in [5, 5.41) is 81.8. The van der Waals surface area contributed by atoms with Crippen LogP contribution in [0, 0.1) is 0 Å². The number of aliphatic hydroxyl groups excluding tert-OH is 1. The molecule has 3 rings (SSSR count). The van der Waals surface area contributed by atoms with E-state index in [1.54, 1.807) is 13.0 Å². The van der Waals surface area contributed by atoms with Crippen molar-refractivity contribution in [2.45, 2.75) is 31.8 Å². The van der Waals surface area contributed by atoms with Gasteiger partial charge in [0.2, 0.25) is 6.10 Å². The van der Waals surface area contributed by atoms with E-state index < -0.39 is 47.0 Å². The standard InChI is InChI=1S/C32H35NO11/c1-2-33-17-23(22-7-9-24(35)25(36)16-22)31(32(42)43)44-30(41)10-8-21-15-29(40)28(39)14-20(21)6-5-19-13-27(38)26(37)12-18(19)4-3-11-34/h5-10,12-16,23,31,33-40H,2-4,11,17H2,1H3,(H,42,43). The largest absolute Gasteiger partial charge is 0.504 e. The summed E-state index contributed by atoms with van der Waals surface area (Å²) < 4.78 is 5.31. The molecule has 0 amide bonds. The first kappa shape index (κ1) is 33.3. The molecule has 0 radical (unpaired) electrons. The summed E-state index contributed by atoms with van der Waals surface area (Å²) in [6.45, 7) is 2.27. The summed E-state index contributed by atoms with van der Waals surface area (Å²) >= 11 is 0. The van der Waals surface area contributed by atoms with Gasteiger partial charge in [0.05, 0.1) is 0 Å². The van der Waals surface area contributed by atoms with Crippen LogP contribution in [0.3, 0.4) is 0 Å². The summed E-state index contributed by atoms with van der Waals surface area (Å²) in [6.07, 6.45) is 4.44. The number of likely N-dealkylation sites (N-methyl/N-ethyl adjacent to an activating group) is 1. The Kier molecular flexibility index (Phi) is 11.6. The minimum Gasteiger partial charge on any atom is -0.504 e. The van der Waals surface area contributed by atoms with Gasteiger partial charge in [0, 0.05) is 25.1 Å². The molecule has 0 spiro atoms. The molecule has 0 aliphatic carbocycles. The molecule has 9 N–H and O–H groups in total. The Labute approximate surface area is 253 Å². The van der Waals surface area contributed by atoms with E-state index in [4.69, 9.17) is 4.74 Å². The van der Waals surface area contributed by atoms with E-state index in [0.29, 0.717) is 41.6 Å². The van der Waals surface area contributed by atoms with Crippen molar-refractivity contribution in [1.29, 1.82) is 0 Å². The van der Waals surface area contributed by atoms with Gasteiger partial charge in [-0.15, -0.1) is 0 Å². The van der Waals surface area contributed by atoms with Gasteiger partial charge in [-0.05, 0) is 89.7 Å². The lowest BCUT2D eigenvalue weighted by molar-refractivity contribution is -0.162. The number of hydrogen-bond donors (Lipinski definition) is 9. The van der Waals surface area contributed by atoms with Gasteiger partial charge in [-0.3, -0.25) is 0 Å². The lowest BCUT2D eigenvalue weighted by Crippen LogP contribution is -2.38. The molecule has 0 aliphatic heterocycles. The van der Waals surface area contributed by atoms with Crippen molar-refractivity contribution in [2.75, 3.05) is 19.7 Å². The third-order valence-electron chi connectivity index (χ3n) is 6.76. The molecule has 3 aromatic carbocycles. The first-order chi connectivity index (χ1) is 20.9. The normalized spacial score (nSPS) is 12.9. The second kappa shape index (κ2) is 15.3. The molecule has 234 valence electrons. The summed E-state index contributed by atoms with van der Waals surface area (Å²) in [7, 11) is 0. The number of carbonyl (C=O) groups is 2. The zero-order valence-corrected chi connectivity index (χ0v) is 23.8. The number of carboxylic acids is 1. The van der Waals surface area contributed by atoms with Crippen LogP contribution in [0.15, 0.2) is 48.5 Å². The highest BCUT2D eigenvalue weighted by Crippen LogP contribution is 2.34. The second-order valence-electron chi connectivity index (χ2n) is 9.86. The fourth-order valence-electron chi connectivity index (χ4n) is 4.45. The van der Waals surface area contributed by atoms with E-state index in [1.807, 2.05) is 0 Å². The van der Waals surface area contributed by atoms with Gasteiger partial charge in [-0.1, -0.05) is 25.1 Å². The van der Waals surface area contributed by atoms with Crippen molar-refractivity contribution in [1.82, 2.24) is 5.32 Å². The van der Waals surface area contributed by atoms with Crippen LogP contribution in [0.25, 0.3) is 18.2 Å². The Morgan fingerprint density at radius 1 is 0.795 bits per heavy atom. The number of nitrogens with one attached hydrogen (secondary N) is 1. The summed E-state index contributed by atoms with van der Waals surface area (Å²) in [5.41, 5.74) is 2.01. The lowest BCUT2D eigenvalue weighted by Gasteiger charge is -2.24. The SMILES string of the molecule is CCNCC(c1ccc(O)c(O)c1)C(OC(=O)C=Cc1cc(O)c(O)cc1C=Cc1cc(O)c(O)cc1CCCO)C(=O)O. The van der Waals surface area contributed by atoms with Gasteiger partial charge in [0.1, 0.15) is 0 Å². The molecule has 44 heavy (non-hydrogen) atoms. The molecule has 2 atom stereocenters. The molecule has 12 nitrogen and oxygen atoms in total. The first-order valence-electron chi connectivity index (χ1n) is 13.7. The average molecular weight is 610 g/mol. The van der Waals surface area contributed by atoms with E-state index in [1.165, 1.54) is 54.6 Å². The number of carboxylic acid groups (broad SMARTS) is 1. The number of carbonyl (C=O) groups excluding carboxylic acids is 1. The number of aryl methyl sites for hydroxylation is 1. The Morgan fingerprint density at radius 3 is 1.95 bits per heavy atom. The van der Waals surface area contributed by atoms with Crippen LogP contribution in [0.2, 0.25) is 0 Å². The molecular formula is C32H35NO11. The Bertz CT molecular complexity index is 1550. The maximum Gasteiger partial charge on any atom is 0.345 e. The van der Waals surface area contributed by atoms with Crippen LogP contribution in [-0.4, -0.2) is 78.6 Å². The van der Waals surface area contributed by atoms with Gasteiger partial charge in [-0.2, -0.15) is 0 Å². The van der Waals surface area contributed by atoms with Crippen LogP contribution in [0.1, 0.15) is 47.1 Å². The summed E-state index contributed by atoms with van der Waals surface area (Å²) in [6, 6.07) is 8.92. The quantitative estimate of drug-likeness (QED) is 0.0556. The van der Waals surface area contributed by atoms with Crippen LogP contribution >= 0.6 is 0 Å². The first-order valence-corrected chi connectivity index (χ1v) is 13.7. The van der Waals surface area contributed by atoms with Crippen molar-refractivity contribution < 1.29 is 55.2 Å². The highest BCUT2D eigenvalue weighted by molar-refractivity contribution is 5.91. The van der Waals surface area contributed by atoms with E-state index in [9.17, 15) is 50.4 Å². The summed E-state index contributed by atoms with van der Waals surface area (Å²) in [4.78, 5) is 25.0. The highest BCUT2D eigenvalue weighted by atomic mass is 16.6. The third kappa shape index (κ3) is 8.66. The molecule has 2 unspecified atom stereocenters. The van der Waals surface area contributed by atoms with Gasteiger partial charge in [0.15, 0.2) is 34.5 Å². The number of hydrogen-bond acceptors (Lipinski definition) is 11. The van der Waals surface area contributed by atoms with Crippen molar-refractivity contribution in [3.8, 4) is 34.5 Å². The number of aromatic hydroxyl groups is 6. The zero-order chi connectivity index (χ0) is 32.4. The minimum atomic E-state index is -1.68. The number of aliphatic hydroxyl groups is 1. The van der Waals surface area contributed by atoms with E-state index in [-0.39, 0.29) is 30.2 Å². The number of phenolic OH excluding ortho intramolecular Hbond substituents is 6. The molecule has 0 bridgehead atoms. The fraction of sp³-hybridized carbons (Fsp3) is 0.250. The molecule has 12 heteroatoms. The van der Waals surface area contributed by atoms with Gasteiger partial charge in [-0.25, -0.2) is 9.59 Å². The molecule has 0 heterocycles. The Hall–Kier alpha value is -5.20. The smallest absolute Gasteiger partial charge is 0.345 e. The number of rotatable bonds is 14. The van der Waals surface area contributed by atoms with Gasteiger partial charge >= 0.3 is 11.9 Å². The van der Waals surface area contributed by atoms with Crippen molar-refractivity contribution in [3.63, 3.8) is 0 Å². The maximum absolute atomic E-state index is 12.8. The van der Waals surface area contributed by atoms with Crippen molar-refractivity contribution >= 4 is 30.2 Å². The minimum absolute atomic E-state index is 0.0720.